The molecule has 0 radical (unpaired) electrons. The molecule has 2 heterocycles. The van der Waals surface area contributed by atoms with E-state index in [2.05, 4.69) is 10.00 Å². The largest absolute Gasteiger partial charge is 0.340 e. The normalized spacial score (nSPS) is 17.2. The summed E-state index contributed by atoms with van der Waals surface area (Å²) in [5, 5.41) is 5.02. The van der Waals surface area contributed by atoms with Gasteiger partial charge < -0.3 is 4.90 Å². The Morgan fingerprint density at radius 1 is 1.33 bits per heavy atom. The molecular formula is C12H19ClN4O. The molecule has 0 unspecified atom stereocenters. The Labute approximate surface area is 112 Å². The minimum atomic E-state index is 0.158. The zero-order valence-electron chi connectivity index (χ0n) is 11.1. The van der Waals surface area contributed by atoms with Crippen LogP contribution < -0.4 is 0 Å². The van der Waals surface area contributed by atoms with Crippen LogP contribution in [0.1, 0.15) is 18.2 Å². The summed E-state index contributed by atoms with van der Waals surface area (Å²) < 4.78 is 1.71. The number of aryl methyl sites for hydroxylation is 2. The van der Waals surface area contributed by atoms with Crippen molar-refractivity contribution in [1.29, 1.82) is 0 Å². The molecule has 0 spiro atoms. The molecule has 1 aliphatic rings. The van der Waals surface area contributed by atoms with Crippen LogP contribution in [-0.4, -0.2) is 51.7 Å². The second-order valence-corrected chi connectivity index (χ2v) is 5.12. The summed E-state index contributed by atoms with van der Waals surface area (Å²) in [6, 6.07) is 0. The summed E-state index contributed by atoms with van der Waals surface area (Å²) in [6.07, 6.45) is 0. The highest BCUT2D eigenvalue weighted by Crippen LogP contribution is 2.21. The third-order valence-corrected chi connectivity index (χ3v) is 3.94. The Hall–Kier alpha value is -1.07. The fourth-order valence-electron chi connectivity index (χ4n) is 2.30. The number of piperazine rings is 1. The van der Waals surface area contributed by atoms with E-state index in [1.807, 2.05) is 18.9 Å². The molecule has 1 saturated heterocycles. The van der Waals surface area contributed by atoms with Crippen LogP contribution >= 0.6 is 11.6 Å². The number of hydrogen-bond acceptors (Lipinski definition) is 3. The second-order valence-electron chi connectivity index (χ2n) is 4.76. The summed E-state index contributed by atoms with van der Waals surface area (Å²) in [5.74, 6) is 0.158. The molecule has 2 rings (SSSR count). The third-order valence-electron chi connectivity index (χ3n) is 3.47. The van der Waals surface area contributed by atoms with Crippen LogP contribution in [0, 0.1) is 6.92 Å². The van der Waals surface area contributed by atoms with Crippen LogP contribution in [0.5, 0.6) is 0 Å². The molecule has 0 bridgehead atoms. The second kappa shape index (κ2) is 5.28. The monoisotopic (exact) mass is 270 g/mol. The number of hydrogen-bond donors (Lipinski definition) is 0. The third kappa shape index (κ3) is 2.67. The van der Waals surface area contributed by atoms with E-state index in [9.17, 15) is 4.79 Å². The molecule has 0 aromatic carbocycles. The van der Waals surface area contributed by atoms with E-state index < -0.39 is 0 Å². The molecular weight excluding hydrogens is 252 g/mol. The van der Waals surface area contributed by atoms with Crippen molar-refractivity contribution in [3.63, 3.8) is 0 Å². The fourth-order valence-corrected chi connectivity index (χ4v) is 2.53. The Morgan fingerprint density at radius 3 is 2.39 bits per heavy atom. The minimum Gasteiger partial charge on any atom is -0.340 e. The quantitative estimate of drug-likeness (QED) is 0.807. The zero-order valence-corrected chi connectivity index (χ0v) is 11.9. The maximum absolute atomic E-state index is 11.2. The Kier molecular flexibility index (Phi) is 3.92. The Balaban J connectivity index is 1.97. The van der Waals surface area contributed by atoms with E-state index >= 15 is 0 Å². The van der Waals surface area contributed by atoms with Crippen molar-refractivity contribution >= 4 is 17.5 Å². The number of amides is 1. The molecule has 1 aromatic heterocycles. The van der Waals surface area contributed by atoms with Crippen molar-refractivity contribution in [2.45, 2.75) is 20.4 Å². The van der Waals surface area contributed by atoms with Gasteiger partial charge >= 0.3 is 0 Å². The lowest BCUT2D eigenvalue weighted by molar-refractivity contribution is -0.130. The van der Waals surface area contributed by atoms with Crippen molar-refractivity contribution < 1.29 is 4.79 Å². The predicted molar refractivity (Wildman–Crippen MR) is 70.5 cm³/mol. The highest BCUT2D eigenvalue weighted by molar-refractivity contribution is 6.30. The summed E-state index contributed by atoms with van der Waals surface area (Å²) in [5.41, 5.74) is 2.08. The first-order valence-electron chi connectivity index (χ1n) is 6.15. The smallest absolute Gasteiger partial charge is 0.219 e. The molecule has 1 aliphatic heterocycles. The van der Waals surface area contributed by atoms with Crippen molar-refractivity contribution in [1.82, 2.24) is 19.6 Å². The molecule has 0 atom stereocenters. The first kappa shape index (κ1) is 13.4. The number of aromatic nitrogens is 2. The van der Waals surface area contributed by atoms with Gasteiger partial charge in [-0.3, -0.25) is 14.4 Å². The van der Waals surface area contributed by atoms with Crippen LogP contribution in [0.3, 0.4) is 0 Å². The molecule has 0 aliphatic carbocycles. The molecule has 5 nitrogen and oxygen atoms in total. The lowest BCUT2D eigenvalue weighted by Gasteiger charge is -2.34. The van der Waals surface area contributed by atoms with Gasteiger partial charge in [0.1, 0.15) is 5.15 Å². The minimum absolute atomic E-state index is 0.158. The van der Waals surface area contributed by atoms with Gasteiger partial charge in [-0.05, 0) is 6.92 Å². The molecule has 6 heteroatoms. The summed E-state index contributed by atoms with van der Waals surface area (Å²) in [6.45, 7) is 7.79. The number of nitrogens with zero attached hydrogens (tertiary/aromatic N) is 4. The van der Waals surface area contributed by atoms with Gasteiger partial charge in [-0.1, -0.05) is 11.6 Å². The van der Waals surface area contributed by atoms with Gasteiger partial charge in [-0.25, -0.2) is 0 Å². The van der Waals surface area contributed by atoms with Crippen LogP contribution in [0.25, 0.3) is 0 Å². The van der Waals surface area contributed by atoms with E-state index in [0.29, 0.717) is 5.15 Å². The summed E-state index contributed by atoms with van der Waals surface area (Å²) in [7, 11) is 1.85. The molecule has 1 fully saturated rings. The van der Waals surface area contributed by atoms with Gasteiger partial charge in [0, 0.05) is 52.3 Å². The van der Waals surface area contributed by atoms with E-state index in [0.717, 1.165) is 44.0 Å². The molecule has 0 saturated carbocycles. The zero-order chi connectivity index (χ0) is 13.3. The highest BCUT2D eigenvalue weighted by atomic mass is 35.5. The standard InChI is InChI=1S/C12H19ClN4O/c1-9-11(12(13)15(3)14-9)8-16-4-6-17(7-5-16)10(2)18/h4-8H2,1-3H3. The Bertz CT molecular complexity index is 449. The molecule has 100 valence electrons. The highest BCUT2D eigenvalue weighted by Gasteiger charge is 2.21. The van der Waals surface area contributed by atoms with Gasteiger partial charge in [-0.2, -0.15) is 5.10 Å². The van der Waals surface area contributed by atoms with Crippen LogP contribution in [0.4, 0.5) is 0 Å². The molecule has 1 amide bonds. The summed E-state index contributed by atoms with van der Waals surface area (Å²) in [4.78, 5) is 15.4. The van der Waals surface area contributed by atoms with E-state index in [1.165, 1.54) is 0 Å². The van der Waals surface area contributed by atoms with Crippen molar-refractivity contribution in [3.8, 4) is 0 Å². The topological polar surface area (TPSA) is 41.4 Å². The van der Waals surface area contributed by atoms with Crippen molar-refractivity contribution in [3.05, 3.63) is 16.4 Å². The Morgan fingerprint density at radius 2 is 1.94 bits per heavy atom. The van der Waals surface area contributed by atoms with Crippen LogP contribution in [0.2, 0.25) is 5.15 Å². The lowest BCUT2D eigenvalue weighted by Crippen LogP contribution is -2.47. The molecule has 1 aromatic rings. The van der Waals surface area contributed by atoms with Gasteiger partial charge in [0.25, 0.3) is 0 Å². The lowest BCUT2D eigenvalue weighted by atomic mass is 10.2. The van der Waals surface area contributed by atoms with E-state index in [4.69, 9.17) is 11.6 Å². The summed E-state index contributed by atoms with van der Waals surface area (Å²) >= 11 is 6.22. The van der Waals surface area contributed by atoms with Gasteiger partial charge in [0.15, 0.2) is 0 Å². The van der Waals surface area contributed by atoms with E-state index in [1.54, 1.807) is 11.6 Å². The SMILES string of the molecule is CC(=O)N1CCN(Cc2c(C)nn(C)c2Cl)CC1. The first-order valence-corrected chi connectivity index (χ1v) is 6.52. The van der Waals surface area contributed by atoms with Gasteiger partial charge in [0.05, 0.1) is 5.69 Å². The average molecular weight is 271 g/mol. The number of carbonyl (C=O) groups excluding carboxylic acids is 1. The average Bonchev–Trinajstić information content (AvgIpc) is 2.57. The van der Waals surface area contributed by atoms with Crippen LogP contribution in [-0.2, 0) is 18.4 Å². The maximum atomic E-state index is 11.2. The van der Waals surface area contributed by atoms with Crippen molar-refractivity contribution in [2.24, 2.45) is 7.05 Å². The molecule has 18 heavy (non-hydrogen) atoms. The number of rotatable bonds is 2. The van der Waals surface area contributed by atoms with Crippen molar-refractivity contribution in [2.75, 3.05) is 26.2 Å². The fraction of sp³-hybridized carbons (Fsp3) is 0.667. The van der Waals surface area contributed by atoms with Gasteiger partial charge in [0.2, 0.25) is 5.91 Å². The molecule has 0 N–H and O–H groups in total. The van der Waals surface area contributed by atoms with Crippen LogP contribution in [0.15, 0.2) is 0 Å². The van der Waals surface area contributed by atoms with Gasteiger partial charge in [-0.15, -0.1) is 0 Å². The first-order chi connectivity index (χ1) is 8.49. The number of halogens is 1. The predicted octanol–water partition coefficient (Wildman–Crippen LogP) is 1.05. The maximum Gasteiger partial charge on any atom is 0.219 e. The van der Waals surface area contributed by atoms with E-state index in [-0.39, 0.29) is 5.91 Å². The number of carbonyl (C=O) groups is 1.